The van der Waals surface area contributed by atoms with Crippen LogP contribution in [0, 0.1) is 0 Å². The third-order valence-electron chi connectivity index (χ3n) is 2.23. The Hall–Kier alpha value is -1.05. The van der Waals surface area contributed by atoms with E-state index in [0.29, 0.717) is 12.8 Å². The van der Waals surface area contributed by atoms with Crippen molar-refractivity contribution in [3.63, 3.8) is 0 Å². The normalized spacial score (nSPS) is 22.2. The molecule has 0 saturated heterocycles. The van der Waals surface area contributed by atoms with E-state index in [9.17, 15) is 4.39 Å². The molecule has 0 radical (unpaired) electrons. The Morgan fingerprint density at radius 3 is 3.08 bits per heavy atom. The van der Waals surface area contributed by atoms with Crippen LogP contribution in [0.25, 0.3) is 0 Å². The molecule has 12 heavy (non-hydrogen) atoms. The van der Waals surface area contributed by atoms with Crippen LogP contribution in [-0.4, -0.2) is 12.7 Å². The molecule has 1 N–H and O–H groups in total. The predicted octanol–water partition coefficient (Wildman–Crippen LogP) is 2.38. The van der Waals surface area contributed by atoms with Gasteiger partial charge in [0, 0.05) is 18.7 Å². The molecule has 0 spiro atoms. The van der Waals surface area contributed by atoms with Gasteiger partial charge in [-0.1, -0.05) is 18.2 Å². The van der Waals surface area contributed by atoms with Gasteiger partial charge in [0.25, 0.3) is 0 Å². The molecule has 2 rings (SSSR count). The number of hydrogen-bond donors (Lipinski definition) is 1. The highest BCUT2D eigenvalue weighted by molar-refractivity contribution is 5.52. The molecule has 1 heterocycles. The zero-order chi connectivity index (χ0) is 8.39. The molecule has 1 atom stereocenters. The molecule has 0 bridgehead atoms. The highest BCUT2D eigenvalue weighted by atomic mass is 19.1. The van der Waals surface area contributed by atoms with E-state index in [1.54, 1.807) is 0 Å². The number of anilines is 1. The maximum atomic E-state index is 13.1. The molecule has 2 heteroatoms. The summed E-state index contributed by atoms with van der Waals surface area (Å²) in [5.74, 6) is 0. The quantitative estimate of drug-likeness (QED) is 0.622. The number of alkyl halides is 1. The smallest absolute Gasteiger partial charge is 0.106 e. The second-order valence-electron chi connectivity index (χ2n) is 3.17. The van der Waals surface area contributed by atoms with Crippen molar-refractivity contribution >= 4 is 5.69 Å². The Morgan fingerprint density at radius 2 is 2.17 bits per heavy atom. The monoisotopic (exact) mass is 165 g/mol. The maximum absolute atomic E-state index is 13.1. The van der Waals surface area contributed by atoms with Crippen LogP contribution < -0.4 is 5.32 Å². The summed E-state index contributed by atoms with van der Waals surface area (Å²) in [6.07, 6.45) is 0.499. The number of para-hydroxylation sites is 1. The molecule has 1 nitrogen and oxygen atoms in total. The summed E-state index contributed by atoms with van der Waals surface area (Å²) in [6.45, 7) is 0.748. The van der Waals surface area contributed by atoms with Crippen molar-refractivity contribution in [1.82, 2.24) is 0 Å². The second kappa shape index (κ2) is 3.13. The third-order valence-corrected chi connectivity index (χ3v) is 2.23. The van der Waals surface area contributed by atoms with E-state index in [0.717, 1.165) is 17.8 Å². The van der Waals surface area contributed by atoms with Gasteiger partial charge in [-0.2, -0.15) is 0 Å². The molecule has 1 aromatic carbocycles. The summed E-state index contributed by atoms with van der Waals surface area (Å²) in [5, 5.41) is 3.22. The number of halogens is 1. The highest BCUT2D eigenvalue weighted by Crippen LogP contribution is 2.21. The Balaban J connectivity index is 2.31. The standard InChI is InChI=1S/C10H12FN/c11-9-5-6-12-10-4-2-1-3-8(10)7-9/h1-4,9,12H,5-7H2. The number of benzene rings is 1. The molecule has 1 unspecified atom stereocenters. The average molecular weight is 165 g/mol. The van der Waals surface area contributed by atoms with Crippen molar-refractivity contribution in [3.05, 3.63) is 29.8 Å². The van der Waals surface area contributed by atoms with Crippen molar-refractivity contribution in [2.75, 3.05) is 11.9 Å². The first-order chi connectivity index (χ1) is 5.86. The van der Waals surface area contributed by atoms with Crippen LogP contribution in [0.2, 0.25) is 0 Å². The maximum Gasteiger partial charge on any atom is 0.106 e. The van der Waals surface area contributed by atoms with E-state index in [4.69, 9.17) is 0 Å². The molecule has 0 saturated carbocycles. The van der Waals surface area contributed by atoms with E-state index in [1.807, 2.05) is 24.3 Å². The fourth-order valence-electron chi connectivity index (χ4n) is 1.57. The van der Waals surface area contributed by atoms with Crippen molar-refractivity contribution in [2.24, 2.45) is 0 Å². The van der Waals surface area contributed by atoms with Gasteiger partial charge in [-0.15, -0.1) is 0 Å². The van der Waals surface area contributed by atoms with Gasteiger partial charge in [0.1, 0.15) is 6.17 Å². The molecule has 0 aromatic heterocycles. The zero-order valence-electron chi connectivity index (χ0n) is 6.89. The molecule has 1 aromatic rings. The van der Waals surface area contributed by atoms with Crippen molar-refractivity contribution in [3.8, 4) is 0 Å². The largest absolute Gasteiger partial charge is 0.385 e. The Kier molecular flexibility index (Phi) is 1.98. The van der Waals surface area contributed by atoms with Crippen LogP contribution in [0.3, 0.4) is 0 Å². The number of nitrogens with one attached hydrogen (secondary N) is 1. The number of hydrogen-bond acceptors (Lipinski definition) is 1. The summed E-state index contributed by atoms with van der Waals surface area (Å²) in [5.41, 5.74) is 2.19. The minimum atomic E-state index is -0.679. The summed E-state index contributed by atoms with van der Waals surface area (Å²) in [6, 6.07) is 7.93. The first-order valence-corrected chi connectivity index (χ1v) is 4.32. The van der Waals surface area contributed by atoms with Crippen LogP contribution in [0.5, 0.6) is 0 Å². The highest BCUT2D eigenvalue weighted by Gasteiger charge is 2.13. The predicted molar refractivity (Wildman–Crippen MR) is 48.1 cm³/mol. The lowest BCUT2D eigenvalue weighted by molar-refractivity contribution is 0.323. The minimum Gasteiger partial charge on any atom is -0.385 e. The summed E-state index contributed by atoms with van der Waals surface area (Å²) >= 11 is 0. The molecule has 0 fully saturated rings. The molecule has 1 aliphatic rings. The summed E-state index contributed by atoms with van der Waals surface area (Å²) in [7, 11) is 0. The molecular weight excluding hydrogens is 153 g/mol. The van der Waals surface area contributed by atoms with Gasteiger partial charge < -0.3 is 5.32 Å². The van der Waals surface area contributed by atoms with Gasteiger partial charge >= 0.3 is 0 Å². The Bertz CT molecular complexity index is 272. The number of fused-ring (bicyclic) bond motifs is 1. The fourth-order valence-corrected chi connectivity index (χ4v) is 1.57. The van der Waals surface area contributed by atoms with Crippen LogP contribution in [-0.2, 0) is 6.42 Å². The minimum absolute atomic E-state index is 0.559. The Morgan fingerprint density at radius 1 is 1.33 bits per heavy atom. The van der Waals surface area contributed by atoms with Gasteiger partial charge in [-0.3, -0.25) is 0 Å². The molecule has 0 amide bonds. The van der Waals surface area contributed by atoms with E-state index in [1.165, 1.54) is 0 Å². The van der Waals surface area contributed by atoms with Gasteiger partial charge in [-0.25, -0.2) is 4.39 Å². The molecular formula is C10H12FN. The van der Waals surface area contributed by atoms with E-state index in [2.05, 4.69) is 5.32 Å². The molecule has 1 aliphatic heterocycles. The Labute approximate surface area is 71.6 Å². The average Bonchev–Trinajstić information content (AvgIpc) is 2.25. The van der Waals surface area contributed by atoms with Crippen LogP contribution in [0.15, 0.2) is 24.3 Å². The van der Waals surface area contributed by atoms with E-state index >= 15 is 0 Å². The van der Waals surface area contributed by atoms with Crippen molar-refractivity contribution in [1.29, 1.82) is 0 Å². The van der Waals surface area contributed by atoms with Crippen molar-refractivity contribution in [2.45, 2.75) is 19.0 Å². The van der Waals surface area contributed by atoms with Gasteiger partial charge in [0.2, 0.25) is 0 Å². The lowest BCUT2D eigenvalue weighted by Crippen LogP contribution is -2.05. The van der Waals surface area contributed by atoms with Crippen molar-refractivity contribution < 1.29 is 4.39 Å². The summed E-state index contributed by atoms with van der Waals surface area (Å²) in [4.78, 5) is 0. The van der Waals surface area contributed by atoms with E-state index in [-0.39, 0.29) is 0 Å². The van der Waals surface area contributed by atoms with Crippen LogP contribution in [0.1, 0.15) is 12.0 Å². The van der Waals surface area contributed by atoms with Crippen LogP contribution >= 0.6 is 0 Å². The molecule has 64 valence electrons. The van der Waals surface area contributed by atoms with Gasteiger partial charge in [0.15, 0.2) is 0 Å². The topological polar surface area (TPSA) is 12.0 Å². The third kappa shape index (κ3) is 1.42. The summed E-state index contributed by atoms with van der Waals surface area (Å²) < 4.78 is 13.1. The van der Waals surface area contributed by atoms with Gasteiger partial charge in [0.05, 0.1) is 0 Å². The van der Waals surface area contributed by atoms with Crippen LogP contribution in [0.4, 0.5) is 10.1 Å². The lowest BCUT2D eigenvalue weighted by atomic mass is 10.1. The lowest BCUT2D eigenvalue weighted by Gasteiger charge is -2.05. The molecule has 0 aliphatic carbocycles. The first-order valence-electron chi connectivity index (χ1n) is 4.32. The van der Waals surface area contributed by atoms with E-state index < -0.39 is 6.17 Å². The zero-order valence-corrected chi connectivity index (χ0v) is 6.89. The first kappa shape index (κ1) is 7.59. The fraction of sp³-hybridized carbons (Fsp3) is 0.400. The van der Waals surface area contributed by atoms with Gasteiger partial charge in [-0.05, 0) is 18.1 Å². The SMILES string of the molecule is FC1CCNc2ccccc2C1. The second-order valence-corrected chi connectivity index (χ2v) is 3.17. The number of rotatable bonds is 0.